The average Bonchev–Trinajstić information content (AvgIpc) is 2.98. The number of aliphatic imine (C=N–C) groups is 1. The van der Waals surface area contributed by atoms with E-state index in [4.69, 9.17) is 4.74 Å². The third-order valence-corrected chi connectivity index (χ3v) is 5.90. The molecule has 176 valence electrons. The molecule has 0 bridgehead atoms. The van der Waals surface area contributed by atoms with Crippen LogP contribution in [0.4, 0.5) is 18.9 Å². The molecular formula is C27H19F3N2O3. The van der Waals surface area contributed by atoms with Crippen molar-refractivity contribution in [2.75, 3.05) is 11.4 Å². The highest BCUT2D eigenvalue weighted by Crippen LogP contribution is 2.34. The van der Waals surface area contributed by atoms with E-state index < -0.39 is 35.6 Å². The molecule has 2 aliphatic heterocycles. The van der Waals surface area contributed by atoms with Crippen molar-refractivity contribution in [1.82, 2.24) is 0 Å². The van der Waals surface area contributed by atoms with Crippen molar-refractivity contribution >= 4 is 29.3 Å². The van der Waals surface area contributed by atoms with Gasteiger partial charge in [0.1, 0.15) is 17.4 Å². The fourth-order valence-electron chi connectivity index (χ4n) is 4.15. The summed E-state index contributed by atoms with van der Waals surface area (Å²) in [6, 6.07) is 22.2. The van der Waals surface area contributed by atoms with Crippen LogP contribution in [0.5, 0.6) is 0 Å². The normalized spacial score (nSPS) is 21.4. The second kappa shape index (κ2) is 8.87. The molecule has 2 atom stereocenters. The lowest BCUT2D eigenvalue weighted by molar-refractivity contribution is -0.137. The minimum absolute atomic E-state index is 0.0349. The number of amides is 2. The number of alkyl halides is 3. The molecule has 0 aliphatic carbocycles. The molecule has 5 nitrogen and oxygen atoms in total. The van der Waals surface area contributed by atoms with Crippen LogP contribution in [0.15, 0.2) is 95.7 Å². The first kappa shape index (κ1) is 22.6. The first-order valence-corrected chi connectivity index (χ1v) is 10.9. The molecule has 0 N–H and O–H groups in total. The monoisotopic (exact) mass is 476 g/mol. The number of halogens is 3. The number of para-hydroxylation sites is 1. The van der Waals surface area contributed by atoms with Gasteiger partial charge in [0, 0.05) is 5.56 Å². The molecule has 2 heterocycles. The molecule has 8 heteroatoms. The topological polar surface area (TPSA) is 59.0 Å². The van der Waals surface area contributed by atoms with Crippen molar-refractivity contribution < 1.29 is 27.5 Å². The number of anilines is 1. The molecule has 2 amide bonds. The van der Waals surface area contributed by atoms with Crippen LogP contribution in [0.3, 0.4) is 0 Å². The number of carbonyl (C=O) groups is 2. The second-order valence-corrected chi connectivity index (χ2v) is 8.18. The SMILES string of the molecule is O=C1[C@H]2CN=C(c3ccccc3)/C(=C\c3ccc(C(F)(F)F)cc3)O[C@H]2C(=O)N1c1ccccc1. The summed E-state index contributed by atoms with van der Waals surface area (Å²) in [7, 11) is 0. The van der Waals surface area contributed by atoms with E-state index in [1.807, 2.05) is 30.3 Å². The van der Waals surface area contributed by atoms with E-state index in [0.717, 1.165) is 17.0 Å². The van der Waals surface area contributed by atoms with Crippen LogP contribution in [-0.4, -0.2) is 30.2 Å². The summed E-state index contributed by atoms with van der Waals surface area (Å²) in [6.45, 7) is 0.0349. The van der Waals surface area contributed by atoms with Crippen LogP contribution in [0.25, 0.3) is 6.08 Å². The predicted octanol–water partition coefficient (Wildman–Crippen LogP) is 5.12. The number of benzene rings is 3. The Morgan fingerprint density at radius 1 is 0.857 bits per heavy atom. The van der Waals surface area contributed by atoms with Crippen LogP contribution < -0.4 is 4.90 Å². The van der Waals surface area contributed by atoms with Gasteiger partial charge in [0.05, 0.1) is 17.8 Å². The van der Waals surface area contributed by atoms with Gasteiger partial charge in [0.25, 0.3) is 5.91 Å². The van der Waals surface area contributed by atoms with Gasteiger partial charge in [-0.3, -0.25) is 14.6 Å². The highest BCUT2D eigenvalue weighted by molar-refractivity contribution is 6.24. The summed E-state index contributed by atoms with van der Waals surface area (Å²) in [5.74, 6) is -1.52. The first-order chi connectivity index (χ1) is 16.8. The Kier molecular flexibility index (Phi) is 5.72. The van der Waals surface area contributed by atoms with Crippen molar-refractivity contribution in [2.45, 2.75) is 12.3 Å². The molecule has 1 saturated heterocycles. The van der Waals surface area contributed by atoms with E-state index in [-0.39, 0.29) is 12.3 Å². The van der Waals surface area contributed by atoms with E-state index in [2.05, 4.69) is 4.99 Å². The van der Waals surface area contributed by atoms with Gasteiger partial charge in [-0.2, -0.15) is 13.2 Å². The Hall–Kier alpha value is -4.20. The summed E-state index contributed by atoms with van der Waals surface area (Å²) in [5.41, 5.74) is 1.23. The minimum atomic E-state index is -4.45. The highest BCUT2D eigenvalue weighted by Gasteiger charge is 2.51. The van der Waals surface area contributed by atoms with Gasteiger partial charge in [-0.05, 0) is 35.9 Å². The third-order valence-electron chi connectivity index (χ3n) is 5.90. The van der Waals surface area contributed by atoms with Crippen LogP contribution in [0.2, 0.25) is 0 Å². The quantitative estimate of drug-likeness (QED) is 0.493. The van der Waals surface area contributed by atoms with E-state index in [9.17, 15) is 22.8 Å². The van der Waals surface area contributed by atoms with Crippen molar-refractivity contribution in [3.8, 4) is 0 Å². The summed E-state index contributed by atoms with van der Waals surface area (Å²) in [6.07, 6.45) is -4.02. The number of rotatable bonds is 3. The molecule has 1 fully saturated rings. The van der Waals surface area contributed by atoms with E-state index in [1.165, 1.54) is 18.2 Å². The lowest BCUT2D eigenvalue weighted by Crippen LogP contribution is -2.33. The molecule has 0 saturated carbocycles. The Labute approximate surface area is 199 Å². The second-order valence-electron chi connectivity index (χ2n) is 8.18. The zero-order valence-corrected chi connectivity index (χ0v) is 18.3. The van der Waals surface area contributed by atoms with E-state index >= 15 is 0 Å². The molecule has 3 aromatic rings. The van der Waals surface area contributed by atoms with Gasteiger partial charge in [-0.25, -0.2) is 4.90 Å². The number of fused-ring (bicyclic) bond motifs is 1. The first-order valence-electron chi connectivity index (χ1n) is 10.9. The van der Waals surface area contributed by atoms with Crippen LogP contribution in [0.1, 0.15) is 16.7 Å². The van der Waals surface area contributed by atoms with Gasteiger partial charge in [-0.1, -0.05) is 60.7 Å². The number of nitrogens with zero attached hydrogens (tertiary/aromatic N) is 2. The fourth-order valence-corrected chi connectivity index (χ4v) is 4.15. The van der Waals surface area contributed by atoms with Gasteiger partial charge >= 0.3 is 6.18 Å². The molecule has 3 aromatic carbocycles. The molecular weight excluding hydrogens is 457 g/mol. The fraction of sp³-hybridized carbons (Fsp3) is 0.148. The standard InChI is InChI=1S/C27H19F3N2O3/c28-27(29,30)19-13-11-17(12-14-19)15-22-23(18-7-3-1-4-8-18)31-16-21-24(35-22)26(34)32(25(21)33)20-9-5-2-6-10-20/h1-15,21,24H,16H2/b22-15+/t21-,24+/m0/s1. The maximum Gasteiger partial charge on any atom is 0.416 e. The minimum Gasteiger partial charge on any atom is -0.477 e. The molecule has 0 radical (unpaired) electrons. The number of ether oxygens (including phenoxy) is 1. The molecule has 0 aromatic heterocycles. The van der Waals surface area contributed by atoms with Crippen LogP contribution >= 0.6 is 0 Å². The number of hydrogen-bond acceptors (Lipinski definition) is 4. The van der Waals surface area contributed by atoms with Crippen LogP contribution in [0, 0.1) is 5.92 Å². The number of allylic oxidation sites excluding steroid dienone is 1. The van der Waals surface area contributed by atoms with Crippen molar-refractivity contribution in [3.63, 3.8) is 0 Å². The molecule has 0 unspecified atom stereocenters. The number of carbonyl (C=O) groups excluding carboxylic acids is 2. The Morgan fingerprint density at radius 2 is 1.49 bits per heavy atom. The van der Waals surface area contributed by atoms with Gasteiger partial charge in [0.2, 0.25) is 5.91 Å². The van der Waals surface area contributed by atoms with Crippen molar-refractivity contribution in [3.05, 3.63) is 107 Å². The van der Waals surface area contributed by atoms with Crippen molar-refractivity contribution in [1.29, 1.82) is 0 Å². The summed E-state index contributed by atoms with van der Waals surface area (Å²) in [5, 5.41) is 0. The Morgan fingerprint density at radius 3 is 2.11 bits per heavy atom. The van der Waals surface area contributed by atoms with Crippen molar-refractivity contribution in [2.24, 2.45) is 10.9 Å². The van der Waals surface area contributed by atoms with Gasteiger partial charge in [-0.15, -0.1) is 0 Å². The molecule has 35 heavy (non-hydrogen) atoms. The lowest BCUT2D eigenvalue weighted by Gasteiger charge is -2.18. The lowest BCUT2D eigenvalue weighted by atomic mass is 10.1. The third kappa shape index (κ3) is 4.35. The molecule has 2 aliphatic rings. The van der Waals surface area contributed by atoms with E-state index in [1.54, 1.807) is 30.3 Å². The van der Waals surface area contributed by atoms with Crippen LogP contribution in [-0.2, 0) is 20.5 Å². The summed E-state index contributed by atoms with van der Waals surface area (Å²) in [4.78, 5) is 32.2. The van der Waals surface area contributed by atoms with Gasteiger partial charge in [0.15, 0.2) is 6.10 Å². The van der Waals surface area contributed by atoms with Gasteiger partial charge < -0.3 is 4.74 Å². The Balaban J connectivity index is 1.55. The Bertz CT molecular complexity index is 1320. The zero-order valence-electron chi connectivity index (χ0n) is 18.3. The zero-order chi connectivity index (χ0) is 24.6. The molecule has 5 rings (SSSR count). The summed E-state index contributed by atoms with van der Waals surface area (Å²) < 4.78 is 45.1. The predicted molar refractivity (Wildman–Crippen MR) is 125 cm³/mol. The maximum atomic E-state index is 13.3. The average molecular weight is 476 g/mol. The highest BCUT2D eigenvalue weighted by atomic mass is 19.4. The maximum absolute atomic E-state index is 13.3. The van der Waals surface area contributed by atoms with E-state index in [0.29, 0.717) is 22.5 Å². The largest absolute Gasteiger partial charge is 0.477 e. The smallest absolute Gasteiger partial charge is 0.416 e. The molecule has 0 spiro atoms. The number of imide groups is 1. The summed E-state index contributed by atoms with van der Waals surface area (Å²) >= 11 is 0. The number of hydrogen-bond donors (Lipinski definition) is 0.